The standard InChI is InChI=1S/C25H19N5O2S/c1-29-23(32)19-12-6-7-13-20(19)30-24(29)27-28-25(30)33-14-21(31)26-22-17-10-4-2-8-15(17)16-9-3-5-11-18(16)22/h2-13,22H,14H2,1H3,(H,26,31). The van der Waals surface area contributed by atoms with Gasteiger partial charge < -0.3 is 5.32 Å². The Balaban J connectivity index is 1.29. The number of thioether (sulfide) groups is 1. The van der Waals surface area contributed by atoms with Crippen LogP contribution in [-0.2, 0) is 11.8 Å². The summed E-state index contributed by atoms with van der Waals surface area (Å²) in [7, 11) is 1.68. The molecule has 2 aromatic heterocycles. The Bertz CT molecular complexity index is 1580. The lowest BCUT2D eigenvalue weighted by Crippen LogP contribution is -2.29. The fraction of sp³-hybridized carbons (Fsp3) is 0.120. The molecule has 0 atom stereocenters. The summed E-state index contributed by atoms with van der Waals surface area (Å²) in [5, 5.41) is 12.8. The zero-order valence-electron chi connectivity index (χ0n) is 17.7. The van der Waals surface area contributed by atoms with Crippen LogP contribution in [0.5, 0.6) is 0 Å². The molecule has 6 rings (SSSR count). The van der Waals surface area contributed by atoms with Crippen molar-refractivity contribution in [2.45, 2.75) is 11.2 Å². The van der Waals surface area contributed by atoms with Gasteiger partial charge in [-0.25, -0.2) is 0 Å². The number of aromatic nitrogens is 4. The van der Waals surface area contributed by atoms with E-state index in [2.05, 4.69) is 39.8 Å². The quantitative estimate of drug-likeness (QED) is 0.421. The number of aryl methyl sites for hydroxylation is 1. The Hall–Kier alpha value is -3.91. The average molecular weight is 454 g/mol. The van der Waals surface area contributed by atoms with Crippen molar-refractivity contribution in [3.63, 3.8) is 0 Å². The van der Waals surface area contributed by atoms with Gasteiger partial charge in [0.1, 0.15) is 0 Å². The van der Waals surface area contributed by atoms with Crippen molar-refractivity contribution in [3.8, 4) is 11.1 Å². The summed E-state index contributed by atoms with van der Waals surface area (Å²) in [6.45, 7) is 0. The third kappa shape index (κ3) is 3.06. The molecular formula is C25H19N5O2S. The maximum absolute atomic E-state index is 13.0. The zero-order valence-corrected chi connectivity index (χ0v) is 18.5. The Morgan fingerprint density at radius 3 is 2.30 bits per heavy atom. The van der Waals surface area contributed by atoms with E-state index in [0.29, 0.717) is 16.3 Å². The van der Waals surface area contributed by atoms with Crippen molar-refractivity contribution < 1.29 is 4.79 Å². The summed E-state index contributed by atoms with van der Waals surface area (Å²) in [6, 6.07) is 23.5. The van der Waals surface area contributed by atoms with Crippen molar-refractivity contribution in [2.75, 3.05) is 5.75 Å². The van der Waals surface area contributed by atoms with Crippen molar-refractivity contribution in [3.05, 3.63) is 94.3 Å². The molecule has 1 amide bonds. The molecule has 0 aliphatic heterocycles. The van der Waals surface area contributed by atoms with E-state index in [0.717, 1.165) is 27.8 Å². The van der Waals surface area contributed by atoms with Crippen LogP contribution in [0.15, 0.2) is 82.7 Å². The normalized spacial score (nSPS) is 12.8. The minimum absolute atomic E-state index is 0.0950. The number of benzene rings is 3. The third-order valence-electron chi connectivity index (χ3n) is 6.07. The molecule has 162 valence electrons. The molecule has 0 fully saturated rings. The average Bonchev–Trinajstić information content (AvgIpc) is 3.42. The Kier molecular flexibility index (Phi) is 4.55. The molecule has 0 radical (unpaired) electrons. The van der Waals surface area contributed by atoms with E-state index < -0.39 is 0 Å². The van der Waals surface area contributed by atoms with Gasteiger partial charge in [-0.2, -0.15) is 0 Å². The molecule has 5 aromatic rings. The lowest BCUT2D eigenvalue weighted by molar-refractivity contribution is -0.119. The predicted octanol–water partition coefficient (Wildman–Crippen LogP) is 3.56. The third-order valence-corrected chi connectivity index (χ3v) is 7.00. The van der Waals surface area contributed by atoms with E-state index in [1.54, 1.807) is 13.1 Å². The number of rotatable bonds is 4. The first-order valence-electron chi connectivity index (χ1n) is 10.6. The maximum Gasteiger partial charge on any atom is 0.262 e. The summed E-state index contributed by atoms with van der Waals surface area (Å²) in [6.07, 6.45) is 0. The van der Waals surface area contributed by atoms with Crippen LogP contribution in [0.3, 0.4) is 0 Å². The highest BCUT2D eigenvalue weighted by Gasteiger charge is 2.29. The second kappa shape index (κ2) is 7.60. The fourth-order valence-electron chi connectivity index (χ4n) is 4.55. The molecule has 0 saturated carbocycles. The summed E-state index contributed by atoms with van der Waals surface area (Å²) in [4.78, 5) is 25.6. The molecule has 1 aliphatic rings. The fourth-order valence-corrected chi connectivity index (χ4v) is 5.30. The van der Waals surface area contributed by atoms with Gasteiger partial charge in [0.2, 0.25) is 11.7 Å². The van der Waals surface area contributed by atoms with Crippen molar-refractivity contribution >= 4 is 34.3 Å². The molecule has 1 aliphatic carbocycles. The SMILES string of the molecule is Cn1c(=O)c2ccccc2n2c(SCC(=O)NC3c4ccccc4-c4ccccc43)nnc12. The highest BCUT2D eigenvalue weighted by atomic mass is 32.2. The lowest BCUT2D eigenvalue weighted by Gasteiger charge is -2.15. The minimum atomic E-state index is -0.178. The number of amides is 1. The van der Waals surface area contributed by atoms with Gasteiger partial charge in [0, 0.05) is 7.05 Å². The summed E-state index contributed by atoms with van der Waals surface area (Å²) in [5.41, 5.74) is 5.11. The number of para-hydroxylation sites is 1. The second-order valence-electron chi connectivity index (χ2n) is 7.96. The molecule has 1 N–H and O–H groups in total. The molecule has 3 aromatic carbocycles. The summed E-state index contributed by atoms with van der Waals surface area (Å²) in [5.74, 6) is 0.529. The molecule has 0 bridgehead atoms. The van der Waals surface area contributed by atoms with Crippen LogP contribution >= 0.6 is 11.8 Å². The maximum atomic E-state index is 13.0. The van der Waals surface area contributed by atoms with Crippen LogP contribution in [-0.4, -0.2) is 30.8 Å². The van der Waals surface area contributed by atoms with E-state index in [4.69, 9.17) is 0 Å². The van der Waals surface area contributed by atoms with Gasteiger partial charge >= 0.3 is 0 Å². The smallest absolute Gasteiger partial charge is 0.262 e. The van der Waals surface area contributed by atoms with E-state index in [-0.39, 0.29) is 23.3 Å². The van der Waals surface area contributed by atoms with Crippen LogP contribution in [0.25, 0.3) is 27.8 Å². The molecule has 8 heteroatoms. The minimum Gasteiger partial charge on any atom is -0.344 e. The van der Waals surface area contributed by atoms with E-state index in [9.17, 15) is 9.59 Å². The molecule has 33 heavy (non-hydrogen) atoms. The first-order valence-corrected chi connectivity index (χ1v) is 11.6. The van der Waals surface area contributed by atoms with Gasteiger partial charge in [-0.15, -0.1) is 10.2 Å². The van der Waals surface area contributed by atoms with Crippen LogP contribution in [0, 0.1) is 0 Å². The highest BCUT2D eigenvalue weighted by Crippen LogP contribution is 2.43. The van der Waals surface area contributed by atoms with Crippen molar-refractivity contribution in [2.24, 2.45) is 7.05 Å². The molecule has 0 spiro atoms. The van der Waals surface area contributed by atoms with Gasteiger partial charge in [-0.1, -0.05) is 72.4 Å². The molecule has 0 unspecified atom stereocenters. The van der Waals surface area contributed by atoms with Gasteiger partial charge in [0.05, 0.1) is 22.7 Å². The summed E-state index contributed by atoms with van der Waals surface area (Å²) >= 11 is 1.30. The van der Waals surface area contributed by atoms with Crippen LogP contribution < -0.4 is 10.9 Å². The number of hydrogen-bond donors (Lipinski definition) is 1. The largest absolute Gasteiger partial charge is 0.344 e. The van der Waals surface area contributed by atoms with Gasteiger partial charge in [0.15, 0.2) is 5.16 Å². The molecule has 2 heterocycles. The number of carbonyl (C=O) groups excluding carboxylic acids is 1. The first-order chi connectivity index (χ1) is 16.1. The Labute approximate surface area is 193 Å². The molecule has 7 nitrogen and oxygen atoms in total. The Morgan fingerprint density at radius 1 is 0.939 bits per heavy atom. The van der Waals surface area contributed by atoms with E-state index in [1.165, 1.54) is 16.3 Å². The second-order valence-corrected chi connectivity index (χ2v) is 8.91. The van der Waals surface area contributed by atoms with Gasteiger partial charge in [0.25, 0.3) is 5.56 Å². The van der Waals surface area contributed by atoms with Crippen LogP contribution in [0.4, 0.5) is 0 Å². The Morgan fingerprint density at radius 2 is 1.58 bits per heavy atom. The number of carbonyl (C=O) groups is 1. The number of nitrogens with zero attached hydrogens (tertiary/aromatic N) is 4. The van der Waals surface area contributed by atoms with Crippen molar-refractivity contribution in [1.82, 2.24) is 24.5 Å². The highest BCUT2D eigenvalue weighted by molar-refractivity contribution is 7.99. The predicted molar refractivity (Wildman–Crippen MR) is 128 cm³/mol. The van der Waals surface area contributed by atoms with Crippen LogP contribution in [0.1, 0.15) is 17.2 Å². The monoisotopic (exact) mass is 453 g/mol. The van der Waals surface area contributed by atoms with Gasteiger partial charge in [-0.3, -0.25) is 18.6 Å². The number of nitrogens with one attached hydrogen (secondary N) is 1. The molecular weight excluding hydrogens is 434 g/mol. The first kappa shape index (κ1) is 19.8. The van der Waals surface area contributed by atoms with E-state index >= 15 is 0 Å². The van der Waals surface area contributed by atoms with Crippen LogP contribution in [0.2, 0.25) is 0 Å². The topological polar surface area (TPSA) is 81.3 Å². The number of fused-ring (bicyclic) bond motifs is 6. The van der Waals surface area contributed by atoms with E-state index in [1.807, 2.05) is 46.9 Å². The van der Waals surface area contributed by atoms with Crippen molar-refractivity contribution in [1.29, 1.82) is 0 Å². The number of hydrogen-bond acceptors (Lipinski definition) is 5. The summed E-state index contributed by atoms with van der Waals surface area (Å²) < 4.78 is 3.31. The molecule has 0 saturated heterocycles. The zero-order chi connectivity index (χ0) is 22.5. The lowest BCUT2D eigenvalue weighted by atomic mass is 10.1. The van der Waals surface area contributed by atoms with Gasteiger partial charge in [-0.05, 0) is 34.4 Å².